The summed E-state index contributed by atoms with van der Waals surface area (Å²) >= 11 is 6.01. The molecule has 0 fully saturated rings. The number of fused-ring (bicyclic) bond motifs is 1. The van der Waals surface area contributed by atoms with Gasteiger partial charge in [-0.15, -0.1) is 6.42 Å². The molecule has 0 atom stereocenters. The average Bonchev–Trinajstić information content (AvgIpc) is 2.90. The smallest absolute Gasteiger partial charge is 0.180 e. The van der Waals surface area contributed by atoms with Gasteiger partial charge in [-0.2, -0.15) is 0 Å². The van der Waals surface area contributed by atoms with E-state index in [1.54, 1.807) is 0 Å². The van der Waals surface area contributed by atoms with Crippen LogP contribution in [0.15, 0.2) is 42.6 Å². The van der Waals surface area contributed by atoms with Crippen LogP contribution in [-0.4, -0.2) is 16.0 Å². The van der Waals surface area contributed by atoms with Crippen molar-refractivity contribution in [2.24, 2.45) is 0 Å². The van der Waals surface area contributed by atoms with Crippen LogP contribution in [0.4, 0.5) is 0 Å². The van der Waals surface area contributed by atoms with Gasteiger partial charge in [-0.3, -0.25) is 4.40 Å². The third kappa shape index (κ3) is 3.53. The van der Waals surface area contributed by atoms with E-state index in [4.69, 9.17) is 27.5 Å². The van der Waals surface area contributed by atoms with Crippen molar-refractivity contribution in [1.29, 1.82) is 0 Å². The third-order valence-corrected chi connectivity index (χ3v) is 3.86. The Balaban J connectivity index is 1.84. The van der Waals surface area contributed by atoms with Crippen molar-refractivity contribution in [3.05, 3.63) is 64.6 Å². The van der Waals surface area contributed by atoms with Crippen LogP contribution in [0.2, 0.25) is 5.02 Å². The molecular formula is C19H17ClN2O2. The quantitative estimate of drug-likeness (QED) is 0.502. The number of halogens is 1. The van der Waals surface area contributed by atoms with Gasteiger partial charge in [0.2, 0.25) is 0 Å². The zero-order valence-electron chi connectivity index (χ0n) is 13.3. The van der Waals surface area contributed by atoms with E-state index in [1.165, 1.54) is 0 Å². The highest BCUT2D eigenvalue weighted by atomic mass is 35.5. The Bertz CT molecular complexity index is 896. The predicted molar refractivity (Wildman–Crippen MR) is 94.2 cm³/mol. The molecule has 122 valence electrons. The van der Waals surface area contributed by atoms with Crippen LogP contribution in [0.25, 0.3) is 5.65 Å². The Labute approximate surface area is 146 Å². The Hall–Kier alpha value is -2.48. The van der Waals surface area contributed by atoms with Crippen molar-refractivity contribution in [2.75, 3.05) is 6.61 Å². The molecule has 3 rings (SSSR count). The molecule has 0 spiro atoms. The first-order valence-corrected chi connectivity index (χ1v) is 7.92. The van der Waals surface area contributed by atoms with Gasteiger partial charge < -0.3 is 9.47 Å². The van der Waals surface area contributed by atoms with E-state index < -0.39 is 0 Å². The molecule has 0 saturated heterocycles. The van der Waals surface area contributed by atoms with Gasteiger partial charge in [-0.1, -0.05) is 29.7 Å². The molecule has 0 saturated carbocycles. The normalized spacial score (nSPS) is 10.7. The Kier molecular flexibility index (Phi) is 5.05. The van der Waals surface area contributed by atoms with Crippen LogP contribution in [0, 0.1) is 19.3 Å². The molecule has 24 heavy (non-hydrogen) atoms. The van der Waals surface area contributed by atoms with Gasteiger partial charge in [0, 0.05) is 11.2 Å². The van der Waals surface area contributed by atoms with E-state index in [0.717, 1.165) is 22.6 Å². The first-order valence-electron chi connectivity index (χ1n) is 7.54. The largest absolute Gasteiger partial charge is 0.485 e. The topological polar surface area (TPSA) is 35.8 Å². The minimum atomic E-state index is 0.275. The van der Waals surface area contributed by atoms with Gasteiger partial charge in [-0.05, 0) is 36.8 Å². The highest BCUT2D eigenvalue weighted by Crippen LogP contribution is 2.23. The number of ether oxygens (including phenoxy) is 2. The lowest BCUT2D eigenvalue weighted by atomic mass is 10.2. The van der Waals surface area contributed by atoms with Crippen molar-refractivity contribution < 1.29 is 9.47 Å². The monoisotopic (exact) mass is 340 g/mol. The number of aromatic nitrogens is 2. The van der Waals surface area contributed by atoms with Gasteiger partial charge >= 0.3 is 0 Å². The van der Waals surface area contributed by atoms with Crippen LogP contribution < -0.4 is 4.74 Å². The molecule has 0 aliphatic rings. The number of terminal acetylenes is 1. The van der Waals surface area contributed by atoms with Crippen LogP contribution >= 0.6 is 11.6 Å². The molecule has 0 aliphatic heterocycles. The molecule has 0 aliphatic carbocycles. The number of aryl methyl sites for hydroxylation is 1. The highest BCUT2D eigenvalue weighted by molar-refractivity contribution is 6.30. The van der Waals surface area contributed by atoms with E-state index in [1.807, 2.05) is 53.9 Å². The number of hydrogen-bond acceptors (Lipinski definition) is 3. The summed E-state index contributed by atoms with van der Waals surface area (Å²) in [5.74, 6) is 3.18. The van der Waals surface area contributed by atoms with E-state index in [0.29, 0.717) is 24.0 Å². The molecule has 0 N–H and O–H groups in total. The zero-order chi connectivity index (χ0) is 16.9. The molecule has 3 aromatic rings. The number of hydrogen-bond donors (Lipinski definition) is 0. The number of rotatable bonds is 6. The molecule has 0 amide bonds. The van der Waals surface area contributed by atoms with Crippen molar-refractivity contribution in [3.63, 3.8) is 0 Å². The van der Waals surface area contributed by atoms with Gasteiger partial charge in [-0.25, -0.2) is 4.98 Å². The SMILES string of the molecule is C#CCOCc1c(C)nc2c(OCc3cccc(Cl)c3)cccn12. The van der Waals surface area contributed by atoms with Crippen molar-refractivity contribution in [1.82, 2.24) is 9.38 Å². The number of imidazole rings is 1. The standard InChI is InChI=1S/C19H17ClN2O2/c1-3-10-23-13-17-14(2)21-19-18(8-5-9-22(17)19)24-12-15-6-4-7-16(20)11-15/h1,4-9,11H,10,12-13H2,2H3. The highest BCUT2D eigenvalue weighted by Gasteiger charge is 2.12. The van der Waals surface area contributed by atoms with Gasteiger partial charge in [0.1, 0.15) is 13.2 Å². The minimum absolute atomic E-state index is 0.275. The van der Waals surface area contributed by atoms with E-state index in [9.17, 15) is 0 Å². The lowest BCUT2D eigenvalue weighted by molar-refractivity contribution is 0.149. The molecule has 1 aromatic carbocycles. The fourth-order valence-corrected chi connectivity index (χ4v) is 2.70. The third-order valence-electron chi connectivity index (χ3n) is 3.62. The van der Waals surface area contributed by atoms with Crippen LogP contribution in [-0.2, 0) is 18.0 Å². The second-order valence-electron chi connectivity index (χ2n) is 5.33. The average molecular weight is 341 g/mol. The maximum Gasteiger partial charge on any atom is 0.180 e. The summed E-state index contributed by atoms with van der Waals surface area (Å²) in [4.78, 5) is 4.60. The number of benzene rings is 1. The Morgan fingerprint density at radius 3 is 2.92 bits per heavy atom. The molecule has 2 aromatic heterocycles. The maximum atomic E-state index is 6.01. The summed E-state index contributed by atoms with van der Waals surface area (Å²) in [5.41, 5.74) is 3.63. The molecule has 0 radical (unpaired) electrons. The second-order valence-corrected chi connectivity index (χ2v) is 5.76. The second kappa shape index (κ2) is 7.39. The van der Waals surface area contributed by atoms with Gasteiger partial charge in [0.15, 0.2) is 11.4 Å². The van der Waals surface area contributed by atoms with Crippen molar-refractivity contribution >= 4 is 17.2 Å². The fourth-order valence-electron chi connectivity index (χ4n) is 2.49. The lowest BCUT2D eigenvalue weighted by Gasteiger charge is -2.08. The summed E-state index contributed by atoms with van der Waals surface area (Å²) in [7, 11) is 0. The number of pyridine rings is 1. The Morgan fingerprint density at radius 2 is 2.12 bits per heavy atom. The molecule has 2 heterocycles. The molecule has 0 bridgehead atoms. The maximum absolute atomic E-state index is 6.01. The lowest BCUT2D eigenvalue weighted by Crippen LogP contribution is -2.01. The van der Waals surface area contributed by atoms with E-state index in [2.05, 4.69) is 10.9 Å². The first-order chi connectivity index (χ1) is 11.7. The Morgan fingerprint density at radius 1 is 1.25 bits per heavy atom. The van der Waals surface area contributed by atoms with Crippen molar-refractivity contribution in [2.45, 2.75) is 20.1 Å². The first kappa shape index (κ1) is 16.4. The van der Waals surface area contributed by atoms with Crippen molar-refractivity contribution in [3.8, 4) is 18.1 Å². The van der Waals surface area contributed by atoms with Gasteiger partial charge in [0.25, 0.3) is 0 Å². The molecule has 0 unspecified atom stereocenters. The summed E-state index contributed by atoms with van der Waals surface area (Å²) in [6.45, 7) is 3.06. The minimum Gasteiger partial charge on any atom is -0.485 e. The summed E-state index contributed by atoms with van der Waals surface area (Å²) in [6, 6.07) is 11.4. The summed E-state index contributed by atoms with van der Waals surface area (Å²) < 4.78 is 13.4. The van der Waals surface area contributed by atoms with Crippen LogP contribution in [0.1, 0.15) is 17.0 Å². The molecule has 5 heteroatoms. The fraction of sp³-hybridized carbons (Fsp3) is 0.211. The van der Waals surface area contributed by atoms with E-state index in [-0.39, 0.29) is 6.61 Å². The summed E-state index contributed by atoms with van der Waals surface area (Å²) in [6.07, 6.45) is 7.16. The number of nitrogens with zero attached hydrogens (tertiary/aromatic N) is 2. The zero-order valence-corrected chi connectivity index (χ0v) is 14.1. The van der Waals surface area contributed by atoms with Crippen LogP contribution in [0.5, 0.6) is 5.75 Å². The van der Waals surface area contributed by atoms with Gasteiger partial charge in [0.05, 0.1) is 18.0 Å². The molecule has 4 nitrogen and oxygen atoms in total. The molecular weight excluding hydrogens is 324 g/mol. The summed E-state index contributed by atoms with van der Waals surface area (Å²) in [5, 5.41) is 0.693. The van der Waals surface area contributed by atoms with Crippen LogP contribution in [0.3, 0.4) is 0 Å². The van der Waals surface area contributed by atoms with E-state index >= 15 is 0 Å². The predicted octanol–water partition coefficient (Wildman–Crippen LogP) is 4.02.